The van der Waals surface area contributed by atoms with Crippen LogP contribution in [0.3, 0.4) is 0 Å². The molecule has 0 radical (unpaired) electrons. The van der Waals surface area contributed by atoms with Crippen molar-refractivity contribution in [3.8, 4) is 0 Å². The predicted molar refractivity (Wildman–Crippen MR) is 101 cm³/mol. The Balaban J connectivity index is 1.95. The van der Waals surface area contributed by atoms with Crippen LogP contribution in [0.25, 0.3) is 0 Å². The van der Waals surface area contributed by atoms with Gasteiger partial charge in [0, 0.05) is 18.4 Å². The Bertz CT molecular complexity index is 679. The first-order valence-electron chi connectivity index (χ1n) is 9.54. The Kier molecular flexibility index (Phi) is 4.52. The van der Waals surface area contributed by atoms with Crippen LogP contribution in [0.4, 0.5) is 0 Å². The summed E-state index contributed by atoms with van der Waals surface area (Å²) in [6, 6.07) is 9.06. The van der Waals surface area contributed by atoms with E-state index in [9.17, 15) is 9.90 Å². The number of ether oxygens (including phenoxy) is 2. The normalized spacial score (nSPS) is 37.9. The van der Waals surface area contributed by atoms with Gasteiger partial charge in [-0.1, -0.05) is 45.9 Å². The van der Waals surface area contributed by atoms with Crippen LogP contribution in [0.2, 0.25) is 0 Å². The Morgan fingerprint density at radius 3 is 2.35 bits per heavy atom. The van der Waals surface area contributed by atoms with Gasteiger partial charge in [-0.05, 0) is 43.2 Å². The zero-order chi connectivity index (χ0) is 19.4. The van der Waals surface area contributed by atoms with Gasteiger partial charge >= 0.3 is 5.97 Å². The molecule has 4 heteroatoms. The van der Waals surface area contributed by atoms with E-state index in [-0.39, 0.29) is 29.8 Å². The van der Waals surface area contributed by atoms with Gasteiger partial charge in [-0.15, -0.1) is 0 Å². The highest BCUT2D eigenvalue weighted by atomic mass is 16.5. The lowest BCUT2D eigenvalue weighted by molar-refractivity contribution is -0.378. The molecule has 0 aromatic heterocycles. The van der Waals surface area contributed by atoms with E-state index >= 15 is 0 Å². The molecule has 2 saturated carbocycles. The van der Waals surface area contributed by atoms with E-state index in [0.29, 0.717) is 12.0 Å². The fourth-order valence-electron chi connectivity index (χ4n) is 6.30. The highest BCUT2D eigenvalue weighted by Crippen LogP contribution is 2.75. The summed E-state index contributed by atoms with van der Waals surface area (Å²) in [5.74, 6) is -0.0679. The van der Waals surface area contributed by atoms with Crippen LogP contribution in [-0.4, -0.2) is 36.0 Å². The van der Waals surface area contributed by atoms with Crippen LogP contribution in [0.15, 0.2) is 30.3 Å². The first-order valence-corrected chi connectivity index (χ1v) is 9.54. The maximum absolute atomic E-state index is 12.6. The third-order valence-electron chi connectivity index (χ3n) is 7.34. The summed E-state index contributed by atoms with van der Waals surface area (Å²) >= 11 is 0. The van der Waals surface area contributed by atoms with Crippen molar-refractivity contribution < 1.29 is 19.4 Å². The van der Waals surface area contributed by atoms with Crippen LogP contribution < -0.4 is 0 Å². The Morgan fingerprint density at radius 2 is 1.85 bits per heavy atom. The molecule has 3 rings (SSSR count). The largest absolute Gasteiger partial charge is 0.461 e. The lowest BCUT2D eigenvalue weighted by Crippen LogP contribution is -2.82. The SMILES string of the molecule is COC12CC(C(C)(O)CC1(C)C)C2(COC(=O)c1ccccc1)C(C)C. The molecule has 0 aliphatic heterocycles. The van der Waals surface area contributed by atoms with E-state index < -0.39 is 16.6 Å². The van der Waals surface area contributed by atoms with E-state index in [1.54, 1.807) is 19.2 Å². The minimum atomic E-state index is -0.798. The maximum Gasteiger partial charge on any atom is 0.338 e. The van der Waals surface area contributed by atoms with Crippen molar-refractivity contribution >= 4 is 5.97 Å². The zero-order valence-corrected chi connectivity index (χ0v) is 16.8. The summed E-state index contributed by atoms with van der Waals surface area (Å²) in [6.07, 6.45) is 1.48. The molecule has 26 heavy (non-hydrogen) atoms. The van der Waals surface area contributed by atoms with Crippen molar-refractivity contribution in [1.82, 2.24) is 0 Å². The number of hydrogen-bond donors (Lipinski definition) is 1. The summed E-state index contributed by atoms with van der Waals surface area (Å²) in [4.78, 5) is 12.6. The smallest absolute Gasteiger partial charge is 0.338 e. The van der Waals surface area contributed by atoms with Gasteiger partial charge < -0.3 is 14.6 Å². The molecule has 2 aliphatic rings. The average Bonchev–Trinajstić information content (AvgIpc) is 2.53. The van der Waals surface area contributed by atoms with Gasteiger partial charge in [0.05, 0.1) is 16.8 Å². The van der Waals surface area contributed by atoms with Gasteiger partial charge in [0.25, 0.3) is 0 Å². The second kappa shape index (κ2) is 6.07. The van der Waals surface area contributed by atoms with Gasteiger partial charge in [0.2, 0.25) is 0 Å². The number of hydrogen-bond acceptors (Lipinski definition) is 4. The van der Waals surface area contributed by atoms with Crippen molar-refractivity contribution in [1.29, 1.82) is 0 Å². The second-order valence-electron chi connectivity index (χ2n) is 9.34. The summed E-state index contributed by atoms with van der Waals surface area (Å²) in [5.41, 5.74) is -1.28. The van der Waals surface area contributed by atoms with Crippen LogP contribution >= 0.6 is 0 Å². The van der Waals surface area contributed by atoms with Gasteiger partial charge in [-0.3, -0.25) is 0 Å². The van der Waals surface area contributed by atoms with Crippen LogP contribution in [0.1, 0.15) is 57.8 Å². The van der Waals surface area contributed by atoms with E-state index in [2.05, 4.69) is 27.7 Å². The maximum atomic E-state index is 12.6. The molecule has 0 spiro atoms. The van der Waals surface area contributed by atoms with Crippen molar-refractivity contribution in [2.45, 2.75) is 58.7 Å². The average molecular weight is 360 g/mol. The minimum Gasteiger partial charge on any atom is -0.461 e. The van der Waals surface area contributed by atoms with Crippen molar-refractivity contribution in [3.63, 3.8) is 0 Å². The van der Waals surface area contributed by atoms with Gasteiger partial charge in [-0.2, -0.15) is 0 Å². The van der Waals surface area contributed by atoms with Crippen LogP contribution in [-0.2, 0) is 9.47 Å². The standard InChI is InChI=1S/C22H32O4/c1-15(2)21(14-26-18(23)16-10-8-7-9-11-16)17-12-22(21,25-6)19(3,4)13-20(17,5)24/h7-11,15,17,24H,12-14H2,1-6H3. The van der Waals surface area contributed by atoms with Gasteiger partial charge in [0.1, 0.15) is 6.61 Å². The van der Waals surface area contributed by atoms with Crippen LogP contribution in [0, 0.1) is 22.7 Å². The quantitative estimate of drug-likeness (QED) is 0.804. The number of fused-ring (bicyclic) bond motifs is 2. The molecule has 0 heterocycles. The molecular formula is C22H32O4. The number of carbonyl (C=O) groups is 1. The van der Waals surface area contributed by atoms with Crippen molar-refractivity contribution in [3.05, 3.63) is 35.9 Å². The molecule has 1 aromatic carbocycles. The topological polar surface area (TPSA) is 55.8 Å². The molecule has 1 aromatic rings. The zero-order valence-electron chi connectivity index (χ0n) is 16.8. The first-order chi connectivity index (χ1) is 12.0. The summed E-state index contributed by atoms with van der Waals surface area (Å²) < 4.78 is 12.0. The molecule has 2 fully saturated rings. The molecular weight excluding hydrogens is 328 g/mol. The minimum absolute atomic E-state index is 0.0477. The van der Waals surface area contributed by atoms with Crippen LogP contribution in [0.5, 0.6) is 0 Å². The molecule has 0 amide bonds. The fourth-order valence-corrected chi connectivity index (χ4v) is 6.30. The predicted octanol–water partition coefficient (Wildman–Crippen LogP) is 4.07. The third-order valence-corrected chi connectivity index (χ3v) is 7.34. The summed E-state index contributed by atoms with van der Waals surface area (Å²) in [6.45, 7) is 10.8. The number of carbonyl (C=O) groups excluding carboxylic acids is 1. The third kappa shape index (κ3) is 2.38. The molecule has 4 unspecified atom stereocenters. The number of rotatable bonds is 5. The van der Waals surface area contributed by atoms with E-state index in [4.69, 9.17) is 9.47 Å². The first kappa shape index (κ1) is 19.4. The molecule has 2 bridgehead atoms. The molecule has 144 valence electrons. The monoisotopic (exact) mass is 360 g/mol. The Labute approximate surface area is 156 Å². The molecule has 4 atom stereocenters. The van der Waals surface area contributed by atoms with E-state index in [1.165, 1.54) is 0 Å². The Morgan fingerprint density at radius 1 is 1.23 bits per heavy atom. The summed E-state index contributed by atoms with van der Waals surface area (Å²) in [7, 11) is 1.76. The van der Waals surface area contributed by atoms with Gasteiger partial charge in [-0.25, -0.2) is 4.79 Å². The Hall–Kier alpha value is -1.39. The lowest BCUT2D eigenvalue weighted by Gasteiger charge is -2.77. The fraction of sp³-hybridized carbons (Fsp3) is 0.682. The highest BCUT2D eigenvalue weighted by Gasteiger charge is 2.79. The van der Waals surface area contributed by atoms with Crippen molar-refractivity contribution in [2.75, 3.05) is 13.7 Å². The highest BCUT2D eigenvalue weighted by molar-refractivity contribution is 5.89. The molecule has 2 aliphatic carbocycles. The number of methoxy groups -OCH3 is 1. The summed E-state index contributed by atoms with van der Waals surface area (Å²) in [5, 5.41) is 11.2. The van der Waals surface area contributed by atoms with Gasteiger partial charge in [0.15, 0.2) is 0 Å². The number of benzene rings is 1. The second-order valence-corrected chi connectivity index (χ2v) is 9.34. The molecule has 1 N–H and O–H groups in total. The van der Waals surface area contributed by atoms with Crippen molar-refractivity contribution in [2.24, 2.45) is 22.7 Å². The molecule has 0 saturated heterocycles. The lowest BCUT2D eigenvalue weighted by atomic mass is 9.31. The number of esters is 1. The molecule has 4 nitrogen and oxygen atoms in total. The van der Waals surface area contributed by atoms with E-state index in [0.717, 1.165) is 6.42 Å². The van der Waals surface area contributed by atoms with E-state index in [1.807, 2.05) is 25.1 Å². The number of aliphatic hydroxyl groups is 1.